The molecular formula is C18H19FN4O2. The zero-order valence-electron chi connectivity index (χ0n) is 14.0. The van der Waals surface area contributed by atoms with E-state index in [1.54, 1.807) is 25.4 Å². The lowest BCUT2D eigenvalue weighted by Crippen LogP contribution is -2.17. The molecule has 0 aliphatic rings. The summed E-state index contributed by atoms with van der Waals surface area (Å²) in [6.45, 7) is 3.34. The van der Waals surface area contributed by atoms with Crippen molar-refractivity contribution in [1.82, 2.24) is 19.7 Å². The molecule has 1 aromatic carbocycles. The zero-order chi connectivity index (χ0) is 18.0. The fourth-order valence-corrected chi connectivity index (χ4v) is 2.75. The van der Waals surface area contributed by atoms with Gasteiger partial charge in [-0.25, -0.2) is 9.37 Å². The van der Waals surface area contributed by atoms with Crippen LogP contribution in [0.3, 0.4) is 0 Å². The van der Waals surface area contributed by atoms with Gasteiger partial charge in [-0.3, -0.25) is 9.48 Å². The molecule has 0 aliphatic carbocycles. The Morgan fingerprint density at radius 2 is 2.16 bits per heavy atom. The summed E-state index contributed by atoms with van der Waals surface area (Å²) in [7, 11) is 0. The van der Waals surface area contributed by atoms with E-state index in [4.69, 9.17) is 0 Å². The fraction of sp³-hybridized carbons (Fsp3) is 0.278. The van der Waals surface area contributed by atoms with E-state index < -0.39 is 6.04 Å². The van der Waals surface area contributed by atoms with Gasteiger partial charge in [-0.1, -0.05) is 19.1 Å². The van der Waals surface area contributed by atoms with E-state index in [9.17, 15) is 14.3 Å². The summed E-state index contributed by atoms with van der Waals surface area (Å²) in [4.78, 5) is 18.4. The van der Waals surface area contributed by atoms with Crippen molar-refractivity contribution < 1.29 is 9.50 Å². The number of aromatic amines is 1. The van der Waals surface area contributed by atoms with Gasteiger partial charge in [-0.2, -0.15) is 5.10 Å². The van der Waals surface area contributed by atoms with E-state index in [2.05, 4.69) is 15.1 Å². The molecule has 2 aromatic heterocycles. The lowest BCUT2D eigenvalue weighted by atomic mass is 10.0. The molecule has 0 saturated carbocycles. The van der Waals surface area contributed by atoms with Gasteiger partial charge in [-0.05, 0) is 25.0 Å². The highest BCUT2D eigenvalue weighted by molar-refractivity contribution is 5.56. The molecule has 0 fully saturated rings. The lowest BCUT2D eigenvalue weighted by molar-refractivity contribution is 0.238. The van der Waals surface area contributed by atoms with Crippen LogP contribution in [0.2, 0.25) is 0 Å². The van der Waals surface area contributed by atoms with Crippen LogP contribution in [-0.2, 0) is 6.42 Å². The predicted molar refractivity (Wildman–Crippen MR) is 91.8 cm³/mol. The van der Waals surface area contributed by atoms with Crippen LogP contribution in [0, 0.1) is 12.7 Å². The van der Waals surface area contributed by atoms with Crippen LogP contribution >= 0.6 is 0 Å². The van der Waals surface area contributed by atoms with Crippen LogP contribution in [0.25, 0.3) is 11.3 Å². The van der Waals surface area contributed by atoms with Crippen LogP contribution in [0.5, 0.6) is 0 Å². The summed E-state index contributed by atoms with van der Waals surface area (Å²) in [6, 6.07) is 5.71. The third-order valence-corrected chi connectivity index (χ3v) is 4.08. The Morgan fingerprint density at radius 1 is 1.36 bits per heavy atom. The van der Waals surface area contributed by atoms with Crippen LogP contribution in [-0.4, -0.2) is 31.5 Å². The first-order chi connectivity index (χ1) is 12.0. The first-order valence-electron chi connectivity index (χ1n) is 8.03. The maximum absolute atomic E-state index is 14.4. The number of halogens is 1. The van der Waals surface area contributed by atoms with E-state index in [-0.39, 0.29) is 18.0 Å². The number of aryl methyl sites for hydroxylation is 2. The number of hydrogen-bond donors (Lipinski definition) is 2. The summed E-state index contributed by atoms with van der Waals surface area (Å²) in [6.07, 6.45) is 3.93. The molecular weight excluding hydrogens is 323 g/mol. The molecule has 130 valence electrons. The molecule has 3 aromatic rings. The van der Waals surface area contributed by atoms with E-state index in [1.807, 2.05) is 13.0 Å². The molecule has 0 aliphatic heterocycles. The molecule has 0 bridgehead atoms. The van der Waals surface area contributed by atoms with Crippen molar-refractivity contribution >= 4 is 0 Å². The number of H-pyrrole nitrogens is 1. The highest BCUT2D eigenvalue weighted by Gasteiger charge is 2.19. The van der Waals surface area contributed by atoms with Crippen molar-refractivity contribution in [3.63, 3.8) is 0 Å². The maximum Gasteiger partial charge on any atom is 0.251 e. The number of nitrogens with one attached hydrogen (secondary N) is 1. The molecule has 0 radical (unpaired) electrons. The summed E-state index contributed by atoms with van der Waals surface area (Å²) in [5, 5.41) is 14.0. The van der Waals surface area contributed by atoms with E-state index in [1.165, 1.54) is 16.8 Å². The van der Waals surface area contributed by atoms with Crippen LogP contribution < -0.4 is 5.56 Å². The number of benzene rings is 1. The first-order valence-corrected chi connectivity index (χ1v) is 8.03. The van der Waals surface area contributed by atoms with Gasteiger partial charge in [0, 0.05) is 23.4 Å². The van der Waals surface area contributed by atoms with Crippen LogP contribution in [0.15, 0.2) is 41.5 Å². The van der Waals surface area contributed by atoms with Crippen LogP contribution in [0.1, 0.15) is 29.9 Å². The number of aliphatic hydroxyl groups excluding tert-OH is 1. The van der Waals surface area contributed by atoms with E-state index in [0.717, 1.165) is 12.0 Å². The second-order valence-electron chi connectivity index (χ2n) is 5.83. The van der Waals surface area contributed by atoms with Gasteiger partial charge in [0.2, 0.25) is 0 Å². The minimum absolute atomic E-state index is 0.254. The quantitative estimate of drug-likeness (QED) is 0.745. The molecule has 7 heteroatoms. The Hall–Kier alpha value is -2.80. The molecule has 25 heavy (non-hydrogen) atoms. The predicted octanol–water partition coefficient (Wildman–Crippen LogP) is 2.23. The van der Waals surface area contributed by atoms with Gasteiger partial charge in [0.1, 0.15) is 17.7 Å². The van der Waals surface area contributed by atoms with E-state index in [0.29, 0.717) is 22.6 Å². The molecule has 2 heterocycles. The molecule has 0 spiro atoms. The van der Waals surface area contributed by atoms with Gasteiger partial charge >= 0.3 is 0 Å². The molecule has 0 saturated heterocycles. The van der Waals surface area contributed by atoms with E-state index >= 15 is 0 Å². The van der Waals surface area contributed by atoms with Gasteiger partial charge < -0.3 is 10.1 Å². The number of aliphatic hydroxyl groups is 1. The van der Waals surface area contributed by atoms with Crippen LogP contribution in [0.4, 0.5) is 4.39 Å². The van der Waals surface area contributed by atoms with Crippen molar-refractivity contribution in [2.75, 3.05) is 6.61 Å². The normalized spacial score (nSPS) is 12.3. The van der Waals surface area contributed by atoms with Crippen molar-refractivity contribution in [2.45, 2.75) is 26.3 Å². The Balaban J connectivity index is 1.98. The minimum atomic E-state index is -0.650. The van der Waals surface area contributed by atoms with Gasteiger partial charge in [-0.15, -0.1) is 0 Å². The maximum atomic E-state index is 14.4. The third-order valence-electron chi connectivity index (χ3n) is 4.08. The monoisotopic (exact) mass is 342 g/mol. The second-order valence-corrected chi connectivity index (χ2v) is 5.83. The third kappa shape index (κ3) is 3.51. The SMILES string of the molecule is CCc1ccc([C@H](CO)n2cc(-c3cc(=O)[nH]c(C)n3)cn2)c(F)c1. The largest absolute Gasteiger partial charge is 0.394 e. The Bertz CT molecular complexity index is 948. The summed E-state index contributed by atoms with van der Waals surface area (Å²) in [5.74, 6) is 0.121. The summed E-state index contributed by atoms with van der Waals surface area (Å²) in [5.41, 5.74) is 2.10. The summed E-state index contributed by atoms with van der Waals surface area (Å²) >= 11 is 0. The van der Waals surface area contributed by atoms with Gasteiger partial charge in [0.05, 0.1) is 18.5 Å². The first kappa shape index (κ1) is 17.0. The topological polar surface area (TPSA) is 83.8 Å². The lowest BCUT2D eigenvalue weighted by Gasteiger charge is -2.16. The molecule has 2 N–H and O–H groups in total. The fourth-order valence-electron chi connectivity index (χ4n) is 2.75. The van der Waals surface area contributed by atoms with Crippen molar-refractivity contribution in [2.24, 2.45) is 0 Å². The average Bonchev–Trinajstić information content (AvgIpc) is 3.06. The van der Waals surface area contributed by atoms with Crippen molar-refractivity contribution in [1.29, 1.82) is 0 Å². The Kier molecular flexibility index (Phi) is 4.76. The zero-order valence-corrected chi connectivity index (χ0v) is 14.0. The minimum Gasteiger partial charge on any atom is -0.394 e. The van der Waals surface area contributed by atoms with Gasteiger partial charge in [0.25, 0.3) is 5.56 Å². The van der Waals surface area contributed by atoms with Crippen molar-refractivity contribution in [3.05, 3.63) is 69.8 Å². The Labute approximate surface area is 144 Å². The summed E-state index contributed by atoms with van der Waals surface area (Å²) < 4.78 is 15.9. The molecule has 6 nitrogen and oxygen atoms in total. The number of nitrogens with zero attached hydrogens (tertiary/aromatic N) is 3. The second kappa shape index (κ2) is 6.98. The number of aromatic nitrogens is 4. The molecule has 0 unspecified atom stereocenters. The molecule has 3 rings (SSSR count). The highest BCUT2D eigenvalue weighted by atomic mass is 19.1. The Morgan fingerprint density at radius 3 is 2.80 bits per heavy atom. The van der Waals surface area contributed by atoms with Crippen molar-refractivity contribution in [3.8, 4) is 11.3 Å². The number of rotatable bonds is 5. The highest BCUT2D eigenvalue weighted by Crippen LogP contribution is 2.24. The standard InChI is InChI=1S/C18H19FN4O2/c1-3-12-4-5-14(15(19)6-12)17(10-24)23-9-13(8-20-23)16-7-18(25)22-11(2)21-16/h4-9,17,24H,3,10H2,1-2H3,(H,21,22,25)/t17-/m0/s1. The number of hydrogen-bond acceptors (Lipinski definition) is 4. The average molecular weight is 342 g/mol. The van der Waals surface area contributed by atoms with Gasteiger partial charge in [0.15, 0.2) is 0 Å². The molecule has 1 atom stereocenters. The smallest absolute Gasteiger partial charge is 0.251 e. The molecule has 0 amide bonds.